The van der Waals surface area contributed by atoms with Crippen LogP contribution in [0.5, 0.6) is 5.88 Å². The summed E-state index contributed by atoms with van der Waals surface area (Å²) >= 11 is 0. The molecule has 0 spiro atoms. The molecular weight excluding hydrogens is 536 g/mol. The van der Waals surface area contributed by atoms with E-state index in [0.29, 0.717) is 82.7 Å². The lowest BCUT2D eigenvalue weighted by Gasteiger charge is -2.36. The number of allylic oxidation sites excluding steroid dienone is 2. The lowest BCUT2D eigenvalue weighted by atomic mass is 9.86. The molecule has 0 radical (unpaired) electrons. The number of rotatable bonds is 6. The van der Waals surface area contributed by atoms with E-state index in [1.807, 2.05) is 29.2 Å². The van der Waals surface area contributed by atoms with Crippen LogP contribution in [0.25, 0.3) is 0 Å². The van der Waals surface area contributed by atoms with Gasteiger partial charge in [0.25, 0.3) is 6.43 Å². The molecule has 1 aromatic rings. The van der Waals surface area contributed by atoms with Crippen LogP contribution in [0.2, 0.25) is 0 Å². The van der Waals surface area contributed by atoms with Crippen molar-refractivity contribution < 1.29 is 27.8 Å². The van der Waals surface area contributed by atoms with Crippen molar-refractivity contribution in [3.8, 4) is 5.88 Å². The summed E-state index contributed by atoms with van der Waals surface area (Å²) in [5, 5.41) is 0. The lowest BCUT2D eigenvalue weighted by Crippen LogP contribution is -2.52. The maximum Gasteiger partial charge on any atom is 0.295 e. The van der Waals surface area contributed by atoms with E-state index in [1.54, 1.807) is 22.9 Å². The van der Waals surface area contributed by atoms with Crippen molar-refractivity contribution >= 4 is 29.4 Å². The highest BCUT2D eigenvalue weighted by Crippen LogP contribution is 2.34. The van der Waals surface area contributed by atoms with E-state index in [1.165, 1.54) is 4.90 Å². The molecule has 0 N–H and O–H groups in total. The summed E-state index contributed by atoms with van der Waals surface area (Å²) < 4.78 is 40.1. The van der Waals surface area contributed by atoms with E-state index < -0.39 is 18.5 Å². The number of aliphatic imine (C=N–C) groups is 1. The zero-order valence-electron chi connectivity index (χ0n) is 23.1. The largest absolute Gasteiger partial charge is 0.474 e. The standard InChI is InChI=1S/C28H35F2N7O4/c1-34-10-11-36(17-24(34)38)27(39)18-6-8-19(9-7-18)41-23-16-22(32-28(33-23)35-12-14-40-15-13-35)37-21-5-3-2-4-20(21)31-26(37)25(29)30/h2-5,16,18-21,25H,6-15,17H2,1H3. The SMILES string of the molecule is CN1CCN(C(=O)C2CCC(Oc3cc(N4C(C(F)F)=NC5C=CC=CC54)nc(N4CCOCC4)n3)CC2)CC1=O. The van der Waals surface area contributed by atoms with Gasteiger partial charge in [0.2, 0.25) is 23.6 Å². The normalized spacial score (nSPS) is 28.3. The third-order valence-electron chi connectivity index (χ3n) is 8.40. The van der Waals surface area contributed by atoms with Gasteiger partial charge in [-0.25, -0.2) is 8.78 Å². The van der Waals surface area contributed by atoms with Crippen molar-refractivity contribution in [1.82, 2.24) is 19.8 Å². The van der Waals surface area contributed by atoms with Crippen LogP contribution < -0.4 is 14.5 Å². The van der Waals surface area contributed by atoms with Gasteiger partial charge >= 0.3 is 0 Å². The molecule has 2 saturated heterocycles. The molecule has 220 valence electrons. The zero-order valence-corrected chi connectivity index (χ0v) is 23.1. The van der Waals surface area contributed by atoms with Crippen LogP contribution in [0.1, 0.15) is 25.7 Å². The van der Waals surface area contributed by atoms with Crippen LogP contribution in [-0.4, -0.2) is 115 Å². The third kappa shape index (κ3) is 5.77. The molecule has 2 unspecified atom stereocenters. The molecule has 11 nitrogen and oxygen atoms in total. The van der Waals surface area contributed by atoms with E-state index in [-0.39, 0.29) is 36.2 Å². The van der Waals surface area contributed by atoms with Gasteiger partial charge in [-0.1, -0.05) is 24.3 Å². The van der Waals surface area contributed by atoms with E-state index in [2.05, 4.69) is 9.98 Å². The predicted octanol–water partition coefficient (Wildman–Crippen LogP) is 1.90. The van der Waals surface area contributed by atoms with Crippen LogP contribution >= 0.6 is 0 Å². The highest BCUT2D eigenvalue weighted by atomic mass is 19.3. The van der Waals surface area contributed by atoms with Crippen LogP contribution in [0, 0.1) is 5.92 Å². The van der Waals surface area contributed by atoms with Crippen molar-refractivity contribution in [1.29, 1.82) is 0 Å². The summed E-state index contributed by atoms with van der Waals surface area (Å²) in [4.78, 5) is 45.6. The highest BCUT2D eigenvalue weighted by Gasteiger charge is 2.40. The maximum atomic E-state index is 14.1. The number of likely N-dealkylation sites (N-methyl/N-ethyl adjacent to an activating group) is 1. The van der Waals surface area contributed by atoms with E-state index >= 15 is 0 Å². The lowest BCUT2D eigenvalue weighted by molar-refractivity contribution is -0.147. The number of anilines is 2. The molecule has 3 fully saturated rings. The third-order valence-corrected chi connectivity index (χ3v) is 8.40. The molecule has 13 heteroatoms. The second kappa shape index (κ2) is 11.7. The Kier molecular flexibility index (Phi) is 7.87. The Balaban J connectivity index is 1.19. The summed E-state index contributed by atoms with van der Waals surface area (Å²) in [6.45, 7) is 3.43. The Morgan fingerprint density at radius 3 is 2.54 bits per heavy atom. The number of morpholine rings is 1. The second-order valence-corrected chi connectivity index (χ2v) is 11.0. The van der Waals surface area contributed by atoms with Crippen LogP contribution in [0.3, 0.4) is 0 Å². The number of carbonyl (C=O) groups excluding carboxylic acids is 2. The summed E-state index contributed by atoms with van der Waals surface area (Å²) in [5.74, 6) is 0.539. The van der Waals surface area contributed by atoms with Crippen LogP contribution in [-0.2, 0) is 14.3 Å². The Morgan fingerprint density at radius 2 is 1.80 bits per heavy atom. The number of amides is 2. The van der Waals surface area contributed by atoms with Gasteiger partial charge in [0.05, 0.1) is 31.8 Å². The zero-order chi connectivity index (χ0) is 28.5. The number of piperazine rings is 1. The molecule has 2 atom stereocenters. The maximum absolute atomic E-state index is 14.1. The van der Waals surface area contributed by atoms with Crippen molar-refractivity contribution in [3.63, 3.8) is 0 Å². The number of alkyl halides is 2. The Labute approximate surface area is 237 Å². The molecule has 3 aliphatic heterocycles. The molecule has 5 aliphatic rings. The number of aromatic nitrogens is 2. The quantitative estimate of drug-likeness (QED) is 0.510. The predicted molar refractivity (Wildman–Crippen MR) is 147 cm³/mol. The van der Waals surface area contributed by atoms with Gasteiger partial charge in [-0.3, -0.25) is 14.6 Å². The Morgan fingerprint density at radius 1 is 1.05 bits per heavy atom. The van der Waals surface area contributed by atoms with Crippen molar-refractivity contribution in [2.75, 3.05) is 62.8 Å². The molecule has 41 heavy (non-hydrogen) atoms. The van der Waals surface area contributed by atoms with Gasteiger partial charge in [0, 0.05) is 45.2 Å². The first-order chi connectivity index (χ1) is 19.9. The first-order valence-electron chi connectivity index (χ1n) is 14.3. The highest BCUT2D eigenvalue weighted by molar-refractivity contribution is 6.02. The molecule has 0 aromatic carbocycles. The number of carbonyl (C=O) groups is 2. The summed E-state index contributed by atoms with van der Waals surface area (Å²) in [7, 11) is 1.75. The van der Waals surface area contributed by atoms with E-state index in [9.17, 15) is 18.4 Å². The smallest absolute Gasteiger partial charge is 0.295 e. The van der Waals surface area contributed by atoms with Gasteiger partial charge in [0.1, 0.15) is 11.9 Å². The number of amidine groups is 1. The fraction of sp³-hybridized carbons (Fsp3) is 0.607. The minimum atomic E-state index is -2.77. The van der Waals surface area contributed by atoms with Crippen molar-refractivity contribution in [2.45, 2.75) is 50.3 Å². The number of hydrogen-bond acceptors (Lipinski definition) is 9. The van der Waals surface area contributed by atoms with Crippen LogP contribution in [0.4, 0.5) is 20.5 Å². The Hall–Kier alpha value is -3.61. The number of ether oxygens (including phenoxy) is 2. The molecular formula is C28H35F2N7O4. The summed E-state index contributed by atoms with van der Waals surface area (Å²) in [6, 6.07) is 0.787. The number of fused-ring (bicyclic) bond motifs is 1. The average Bonchev–Trinajstić information content (AvgIpc) is 3.39. The van der Waals surface area contributed by atoms with Crippen molar-refractivity contribution in [3.05, 3.63) is 30.4 Å². The Bertz CT molecular complexity index is 1240. The van der Waals surface area contributed by atoms with Gasteiger partial charge in [0.15, 0.2) is 5.84 Å². The van der Waals surface area contributed by atoms with Gasteiger partial charge in [-0.05, 0) is 25.7 Å². The minimum Gasteiger partial charge on any atom is -0.474 e. The first-order valence-corrected chi connectivity index (χ1v) is 14.3. The molecule has 6 rings (SSSR count). The molecule has 2 aliphatic carbocycles. The fourth-order valence-corrected chi connectivity index (χ4v) is 6.03. The fourth-order valence-electron chi connectivity index (χ4n) is 6.03. The first kappa shape index (κ1) is 27.6. The summed E-state index contributed by atoms with van der Waals surface area (Å²) in [6.07, 6.45) is 6.95. The minimum absolute atomic E-state index is 0.0285. The second-order valence-electron chi connectivity index (χ2n) is 11.0. The van der Waals surface area contributed by atoms with E-state index in [4.69, 9.17) is 14.5 Å². The average molecular weight is 572 g/mol. The van der Waals surface area contributed by atoms with Crippen molar-refractivity contribution in [2.24, 2.45) is 10.9 Å². The van der Waals surface area contributed by atoms with E-state index in [0.717, 1.165) is 0 Å². The molecule has 1 saturated carbocycles. The topological polar surface area (TPSA) is 104 Å². The van der Waals surface area contributed by atoms with Gasteiger partial charge in [-0.2, -0.15) is 9.97 Å². The van der Waals surface area contributed by atoms with Gasteiger partial charge < -0.3 is 29.1 Å². The van der Waals surface area contributed by atoms with Gasteiger partial charge in [-0.15, -0.1) is 0 Å². The number of halogens is 2. The molecule has 1 aromatic heterocycles. The monoisotopic (exact) mass is 571 g/mol. The van der Waals surface area contributed by atoms with Crippen LogP contribution in [0.15, 0.2) is 35.4 Å². The number of hydrogen-bond donors (Lipinski definition) is 0. The molecule has 0 bridgehead atoms. The number of nitrogens with zero attached hydrogens (tertiary/aromatic N) is 7. The molecule has 2 amide bonds. The molecule has 4 heterocycles. The summed E-state index contributed by atoms with van der Waals surface area (Å²) in [5.41, 5.74) is 0.